The molecule has 0 bridgehead atoms. The van der Waals surface area contributed by atoms with E-state index in [1.54, 1.807) is 39.8 Å². The van der Waals surface area contributed by atoms with E-state index in [1.807, 2.05) is 26.0 Å². The van der Waals surface area contributed by atoms with Crippen LogP contribution in [-0.2, 0) is 46.8 Å². The number of Topliss-reactive ketones (excluding diaryl/α,β-unsaturated/α-hetero) is 2. The first kappa shape index (κ1) is 56.5. The summed E-state index contributed by atoms with van der Waals surface area (Å²) in [5.41, 5.74) is -4.92. The van der Waals surface area contributed by atoms with Crippen molar-refractivity contribution in [2.24, 2.45) is 69.0 Å². The van der Waals surface area contributed by atoms with Gasteiger partial charge in [0.05, 0.1) is 12.2 Å². The van der Waals surface area contributed by atoms with Crippen molar-refractivity contribution in [1.82, 2.24) is 0 Å². The molecule has 0 aliphatic heterocycles. The zero-order valence-electron chi connectivity index (χ0n) is 38.6. The molecule has 0 spiro atoms. The number of phosphoric ester groups is 2. The van der Waals surface area contributed by atoms with Gasteiger partial charge < -0.3 is 39.3 Å². The van der Waals surface area contributed by atoms with E-state index in [9.17, 15) is 67.6 Å². The molecule has 18 atom stereocenters. The van der Waals surface area contributed by atoms with Gasteiger partial charge in [-0.3, -0.25) is 28.3 Å². The Labute approximate surface area is 427 Å². The van der Waals surface area contributed by atoms with E-state index in [4.69, 9.17) is 0 Å². The Kier molecular flexibility index (Phi) is 16.7. The molecule has 0 aromatic rings. The fraction of sp³-hybridized carbons (Fsp3) is 0.727. The van der Waals surface area contributed by atoms with Crippen LogP contribution in [0.25, 0.3) is 0 Å². The Bertz CT molecular complexity index is 2060. The Hall–Kier alpha value is -0.440. The number of aliphatic hydroxyl groups excluding tert-OH is 2. The first-order valence-corrected chi connectivity index (χ1v) is 24.8. The van der Waals surface area contributed by atoms with Gasteiger partial charge in [-0.2, -0.15) is 0 Å². The molecule has 0 heterocycles. The van der Waals surface area contributed by atoms with Crippen LogP contribution in [0.15, 0.2) is 47.6 Å². The summed E-state index contributed by atoms with van der Waals surface area (Å²) in [6, 6.07) is 0. The summed E-state index contributed by atoms with van der Waals surface area (Å²) in [5, 5.41) is 46.0. The van der Waals surface area contributed by atoms with E-state index >= 15 is 0 Å². The van der Waals surface area contributed by atoms with Gasteiger partial charge in [0, 0.05) is 33.5 Å². The molecule has 8 aliphatic rings. The minimum Gasteiger partial charge on any atom is -0.754 e. The number of ketones is 4. The van der Waals surface area contributed by atoms with Crippen LogP contribution in [-0.4, -0.2) is 80.2 Å². The SMILES string of the molecule is C[C@@H]1CC2C3CCC4=CC(=O)C=C[C@]4(C)C3[C@@H](O)C[C@]2(C)[C@@]1(O)C(=O)COP(=O)([O-])OF.C[C@@H]1CC2C3CCC4=CC(=O)C=C[C@]4(C)C3[C@@H](O)C[C@]2(C)[C@@]1(O)C(=O)COP(=O)([O-])OF.[Na+].[Na+]. The number of aliphatic hydroxyl groups is 4. The van der Waals surface area contributed by atoms with Crippen molar-refractivity contribution in [2.45, 2.75) is 116 Å². The zero-order chi connectivity index (χ0) is 47.4. The second-order valence-corrected chi connectivity index (χ2v) is 23.2. The van der Waals surface area contributed by atoms with Crippen LogP contribution < -0.4 is 68.9 Å². The number of rotatable bonds is 10. The summed E-state index contributed by atoms with van der Waals surface area (Å²) in [6.07, 6.45) is 12.5. The van der Waals surface area contributed by atoms with Crippen molar-refractivity contribution in [3.05, 3.63) is 47.6 Å². The Morgan fingerprint density at radius 3 is 1.35 bits per heavy atom. The van der Waals surface area contributed by atoms with Gasteiger partial charge in [-0.25, -0.2) is 0 Å². The monoisotopic (exact) mass is 988 g/mol. The van der Waals surface area contributed by atoms with Crippen LogP contribution in [0.1, 0.15) is 92.9 Å². The summed E-state index contributed by atoms with van der Waals surface area (Å²) < 4.78 is 60.8. The van der Waals surface area contributed by atoms with Crippen LogP contribution in [0.4, 0.5) is 9.05 Å². The minimum atomic E-state index is -5.28. The predicted molar refractivity (Wildman–Crippen MR) is 217 cm³/mol. The molecule has 8 aliphatic carbocycles. The molecule has 0 saturated heterocycles. The summed E-state index contributed by atoms with van der Waals surface area (Å²) in [7, 11) is -10.6. The molecule has 0 aromatic carbocycles. The third-order valence-corrected chi connectivity index (χ3v) is 19.1. The van der Waals surface area contributed by atoms with E-state index in [0.29, 0.717) is 38.5 Å². The number of carbonyl (C=O) groups is 4. The molecule has 4 N–H and O–H groups in total. The van der Waals surface area contributed by atoms with E-state index in [2.05, 4.69) is 18.5 Å². The first-order chi connectivity index (χ1) is 29.6. The smallest absolute Gasteiger partial charge is 0.754 e. The summed E-state index contributed by atoms with van der Waals surface area (Å²) in [5.74, 6) is -3.50. The van der Waals surface area contributed by atoms with Crippen molar-refractivity contribution in [3.63, 3.8) is 0 Å². The van der Waals surface area contributed by atoms with Gasteiger partial charge in [0.15, 0.2) is 23.1 Å². The summed E-state index contributed by atoms with van der Waals surface area (Å²) >= 11 is 0. The second kappa shape index (κ2) is 19.5. The first-order valence-electron chi connectivity index (χ1n) is 21.9. The number of allylic oxidation sites excluding steroid dienone is 8. The Balaban J connectivity index is 0.000000240. The van der Waals surface area contributed by atoms with Crippen LogP contribution in [0.2, 0.25) is 0 Å². The van der Waals surface area contributed by atoms with Crippen molar-refractivity contribution < 1.29 is 145 Å². The molecule has 66 heavy (non-hydrogen) atoms. The molecule has 6 saturated carbocycles. The fourth-order valence-electron chi connectivity index (χ4n) is 15.0. The number of phosphoric acid groups is 2. The number of halogens is 2. The van der Waals surface area contributed by atoms with Gasteiger partial charge in [-0.15, -0.1) is 9.46 Å². The third-order valence-electron chi connectivity index (χ3n) is 17.9. The molecule has 356 valence electrons. The number of hydrogen-bond acceptors (Lipinski definition) is 16. The average molecular weight is 989 g/mol. The van der Waals surface area contributed by atoms with E-state index in [1.165, 1.54) is 12.2 Å². The quantitative estimate of drug-likeness (QED) is 0.142. The third kappa shape index (κ3) is 8.86. The number of carbonyl (C=O) groups excluding carboxylic acids is 4. The molecular formula is C44H58F2Na2O16P2. The largest absolute Gasteiger partial charge is 1.00 e. The summed E-state index contributed by atoms with van der Waals surface area (Å²) in [4.78, 5) is 72.3. The fourth-order valence-corrected chi connectivity index (χ4v) is 15.7. The molecule has 6 fully saturated rings. The summed E-state index contributed by atoms with van der Waals surface area (Å²) in [6.45, 7) is 8.92. The Morgan fingerprint density at radius 2 is 1.03 bits per heavy atom. The zero-order valence-corrected chi connectivity index (χ0v) is 44.4. The number of hydrogen-bond donors (Lipinski definition) is 4. The maximum absolute atomic E-state index is 13.0. The van der Waals surface area contributed by atoms with Crippen LogP contribution in [0.5, 0.6) is 0 Å². The average Bonchev–Trinajstić information content (AvgIpc) is 3.57. The Morgan fingerprint density at radius 1 is 0.697 bits per heavy atom. The van der Waals surface area contributed by atoms with Gasteiger partial charge in [0.25, 0.3) is 0 Å². The van der Waals surface area contributed by atoms with Crippen LogP contribution >= 0.6 is 15.6 Å². The molecule has 0 aromatic heterocycles. The maximum atomic E-state index is 13.0. The molecule has 16 nitrogen and oxygen atoms in total. The number of fused-ring (bicyclic) bond motifs is 10. The van der Waals surface area contributed by atoms with E-state index in [0.717, 1.165) is 11.1 Å². The van der Waals surface area contributed by atoms with Crippen molar-refractivity contribution >= 4 is 38.8 Å². The van der Waals surface area contributed by atoms with Gasteiger partial charge in [-0.05, 0) is 120 Å². The van der Waals surface area contributed by atoms with Crippen molar-refractivity contribution in [2.75, 3.05) is 13.2 Å². The van der Waals surface area contributed by atoms with Gasteiger partial charge in [0.2, 0.25) is 0 Å². The molecule has 0 amide bonds. The molecule has 22 heteroatoms. The van der Waals surface area contributed by atoms with Crippen molar-refractivity contribution in [3.8, 4) is 0 Å². The second-order valence-electron chi connectivity index (χ2n) is 20.7. The van der Waals surface area contributed by atoms with Gasteiger partial charge in [0.1, 0.15) is 24.4 Å². The van der Waals surface area contributed by atoms with E-state index < -0.39 is 97.3 Å². The molecule has 8 unspecified atom stereocenters. The molecular weight excluding hydrogens is 930 g/mol. The molecule has 8 rings (SSSR count). The standard InChI is InChI=1S/2C22H30FO8P.2Na/c2*1-12-8-16-15-5-4-13-9-14(24)6-7-20(13,2)19(15)17(25)10-21(16,3)22(12,27)18(26)11-30-32(28,29)31-23;;/h2*6-7,9,12,15-17,19,25,27H,4-5,8,10-11H2,1-3H3,(H,28,29);;/q;;2*+1/p-2/t2*12-,15?,16?,17+,19?,20+,21+,22+;;/m11../s1. The van der Waals surface area contributed by atoms with Crippen LogP contribution in [0.3, 0.4) is 0 Å². The topological polar surface area (TPSA) is 266 Å². The van der Waals surface area contributed by atoms with E-state index in [-0.39, 0.29) is 119 Å². The maximum Gasteiger partial charge on any atom is 1.00 e. The normalized spacial score (nSPS) is 45.7. The van der Waals surface area contributed by atoms with Crippen molar-refractivity contribution in [1.29, 1.82) is 0 Å². The van der Waals surface area contributed by atoms with Gasteiger partial charge in [-0.1, -0.05) is 64.8 Å². The predicted octanol–water partition coefficient (Wildman–Crippen LogP) is -1.60. The van der Waals surface area contributed by atoms with Gasteiger partial charge >= 0.3 is 74.8 Å². The minimum absolute atomic E-state index is 0. The van der Waals surface area contributed by atoms with Crippen LogP contribution in [0, 0.1) is 69.0 Å². The molecule has 0 radical (unpaired) electrons.